The van der Waals surface area contributed by atoms with Crippen LogP contribution in [0.25, 0.3) is 0 Å². The predicted octanol–water partition coefficient (Wildman–Crippen LogP) is 2.11. The maximum atomic E-state index is 11.4. The Bertz CT molecular complexity index is 341. The van der Waals surface area contributed by atoms with Gasteiger partial charge in [-0.15, -0.1) is 0 Å². The number of methoxy groups -OCH3 is 1. The van der Waals surface area contributed by atoms with E-state index in [1.807, 2.05) is 20.8 Å². The van der Waals surface area contributed by atoms with Gasteiger partial charge >= 0.3 is 5.97 Å². The monoisotopic (exact) mass is 222 g/mol. The molecule has 0 aliphatic heterocycles. The highest BCUT2D eigenvalue weighted by Crippen LogP contribution is 2.10. The Morgan fingerprint density at radius 1 is 1.31 bits per heavy atom. The maximum Gasteiger partial charge on any atom is 0.342 e. The fourth-order valence-electron chi connectivity index (χ4n) is 0.878. The molecule has 0 fully saturated rings. The van der Waals surface area contributed by atoms with Crippen LogP contribution in [0.2, 0.25) is 0 Å². The Hall–Kier alpha value is -1.56. The average molecular weight is 222 g/mol. The minimum Gasteiger partial charge on any atom is -0.465 e. The van der Waals surface area contributed by atoms with E-state index in [0.29, 0.717) is 0 Å². The maximum absolute atomic E-state index is 11.4. The fraction of sp³-hybridized carbons (Fsp3) is 0.538. The molecule has 0 aromatic rings. The second-order valence-electron chi connectivity index (χ2n) is 4.35. The van der Waals surface area contributed by atoms with Crippen LogP contribution in [0, 0.1) is 17.3 Å². The molecule has 3 nitrogen and oxygen atoms in total. The third kappa shape index (κ3) is 5.35. The van der Waals surface area contributed by atoms with Crippen molar-refractivity contribution in [1.29, 1.82) is 0 Å². The predicted molar refractivity (Wildman–Crippen MR) is 62.6 cm³/mol. The van der Waals surface area contributed by atoms with Gasteiger partial charge in [-0.25, -0.2) is 4.79 Å². The summed E-state index contributed by atoms with van der Waals surface area (Å²) < 4.78 is 4.52. The van der Waals surface area contributed by atoms with Crippen LogP contribution in [0.4, 0.5) is 0 Å². The quantitative estimate of drug-likeness (QED) is 0.241. The number of rotatable bonds is 3. The molecule has 0 spiro atoms. The van der Waals surface area contributed by atoms with Gasteiger partial charge in [-0.05, 0) is 20.8 Å². The summed E-state index contributed by atoms with van der Waals surface area (Å²) in [6.45, 7) is 7.55. The Morgan fingerprint density at radius 3 is 2.25 bits per heavy atom. The lowest BCUT2D eigenvalue weighted by Gasteiger charge is -2.06. The van der Waals surface area contributed by atoms with E-state index in [2.05, 4.69) is 16.6 Å². The number of esters is 1. The molecule has 0 saturated carbocycles. The highest BCUT2D eigenvalue weighted by atomic mass is 16.5. The molecule has 3 heteroatoms. The van der Waals surface area contributed by atoms with Gasteiger partial charge in [0.2, 0.25) is 0 Å². The number of carbonyl (C=O) groups is 2. The van der Waals surface area contributed by atoms with Crippen LogP contribution in [0.3, 0.4) is 0 Å². The first-order chi connectivity index (χ1) is 7.31. The zero-order chi connectivity index (χ0) is 12.8. The third-order valence-electron chi connectivity index (χ3n) is 1.69. The standard InChI is InChI=1S/C13H18O3/c1-6-11(14)10(12(15)16-5)8-7-9-13(2,3)4/h8H,6H2,1-5H3/b10-8+. The molecule has 0 unspecified atom stereocenters. The Kier molecular flexibility index (Phi) is 5.52. The number of ketones is 1. The van der Waals surface area contributed by atoms with Crippen LogP contribution < -0.4 is 0 Å². The summed E-state index contributed by atoms with van der Waals surface area (Å²) in [5, 5.41) is 0. The molecule has 0 amide bonds. The number of Topliss-reactive ketones (excluding diaryl/α,β-unsaturated/α-hetero) is 1. The third-order valence-corrected chi connectivity index (χ3v) is 1.69. The minimum atomic E-state index is -0.630. The normalized spacial score (nSPS) is 11.4. The summed E-state index contributed by atoms with van der Waals surface area (Å²) >= 11 is 0. The molecule has 0 atom stereocenters. The molecule has 0 aromatic heterocycles. The van der Waals surface area contributed by atoms with Gasteiger partial charge in [-0.3, -0.25) is 4.79 Å². The van der Waals surface area contributed by atoms with Crippen molar-refractivity contribution in [3.8, 4) is 11.8 Å². The molecule has 0 heterocycles. The second-order valence-corrected chi connectivity index (χ2v) is 4.35. The molecule has 0 radical (unpaired) electrons. The first-order valence-electron chi connectivity index (χ1n) is 5.16. The molecule has 0 bridgehead atoms. The van der Waals surface area contributed by atoms with E-state index in [9.17, 15) is 9.59 Å². The van der Waals surface area contributed by atoms with Gasteiger partial charge in [0.1, 0.15) is 5.57 Å². The largest absolute Gasteiger partial charge is 0.465 e. The van der Waals surface area contributed by atoms with E-state index in [0.717, 1.165) is 0 Å². The van der Waals surface area contributed by atoms with Crippen molar-refractivity contribution in [2.75, 3.05) is 7.11 Å². The Balaban J connectivity index is 5.04. The molecule has 0 N–H and O–H groups in total. The lowest BCUT2D eigenvalue weighted by molar-refractivity contribution is -0.137. The fourth-order valence-corrected chi connectivity index (χ4v) is 0.878. The van der Waals surface area contributed by atoms with E-state index in [1.165, 1.54) is 13.2 Å². The van der Waals surface area contributed by atoms with Crippen molar-refractivity contribution in [1.82, 2.24) is 0 Å². The first kappa shape index (κ1) is 14.4. The molecule has 0 saturated heterocycles. The lowest BCUT2D eigenvalue weighted by Crippen LogP contribution is -2.13. The van der Waals surface area contributed by atoms with E-state index >= 15 is 0 Å². The van der Waals surface area contributed by atoms with Gasteiger partial charge < -0.3 is 4.74 Å². The number of hydrogen-bond acceptors (Lipinski definition) is 3. The van der Waals surface area contributed by atoms with Gasteiger partial charge in [-0.2, -0.15) is 0 Å². The topological polar surface area (TPSA) is 43.4 Å². The van der Waals surface area contributed by atoms with Crippen LogP contribution in [-0.2, 0) is 14.3 Å². The molecular formula is C13H18O3. The highest BCUT2D eigenvalue weighted by Gasteiger charge is 2.16. The van der Waals surface area contributed by atoms with Gasteiger partial charge in [0, 0.05) is 17.9 Å². The molecular weight excluding hydrogens is 204 g/mol. The van der Waals surface area contributed by atoms with Crippen LogP contribution in [-0.4, -0.2) is 18.9 Å². The van der Waals surface area contributed by atoms with Crippen LogP contribution in [0.5, 0.6) is 0 Å². The number of allylic oxidation sites excluding steroid dienone is 1. The smallest absolute Gasteiger partial charge is 0.342 e. The summed E-state index contributed by atoms with van der Waals surface area (Å²) in [4.78, 5) is 22.7. The Morgan fingerprint density at radius 2 is 1.88 bits per heavy atom. The van der Waals surface area contributed by atoms with E-state index in [4.69, 9.17) is 0 Å². The van der Waals surface area contributed by atoms with Gasteiger partial charge in [0.25, 0.3) is 0 Å². The van der Waals surface area contributed by atoms with Crippen LogP contribution >= 0.6 is 0 Å². The molecule has 0 aliphatic carbocycles. The zero-order valence-corrected chi connectivity index (χ0v) is 10.5. The summed E-state index contributed by atoms with van der Waals surface area (Å²) in [7, 11) is 1.25. The van der Waals surface area contributed by atoms with Crippen LogP contribution in [0.15, 0.2) is 11.6 Å². The molecule has 0 rings (SSSR count). The van der Waals surface area contributed by atoms with Gasteiger partial charge in [-0.1, -0.05) is 18.8 Å². The second kappa shape index (κ2) is 6.12. The van der Waals surface area contributed by atoms with Gasteiger partial charge in [0.05, 0.1) is 7.11 Å². The number of hydrogen-bond donors (Lipinski definition) is 0. The van der Waals surface area contributed by atoms with E-state index < -0.39 is 5.97 Å². The lowest BCUT2D eigenvalue weighted by atomic mass is 9.98. The van der Waals surface area contributed by atoms with Crippen molar-refractivity contribution in [3.05, 3.63) is 11.6 Å². The SMILES string of the molecule is CCC(=O)/C(=C\C#CC(C)(C)C)C(=O)OC. The molecule has 16 heavy (non-hydrogen) atoms. The minimum absolute atomic E-state index is 0.0155. The molecule has 88 valence electrons. The van der Waals surface area contributed by atoms with Crippen molar-refractivity contribution < 1.29 is 14.3 Å². The highest BCUT2D eigenvalue weighted by molar-refractivity contribution is 6.17. The van der Waals surface area contributed by atoms with Crippen molar-refractivity contribution in [2.24, 2.45) is 5.41 Å². The average Bonchev–Trinajstić information content (AvgIpc) is 2.21. The first-order valence-corrected chi connectivity index (χ1v) is 5.16. The van der Waals surface area contributed by atoms with Crippen LogP contribution in [0.1, 0.15) is 34.1 Å². The van der Waals surface area contributed by atoms with Crippen molar-refractivity contribution in [3.63, 3.8) is 0 Å². The Labute approximate surface area is 96.9 Å². The zero-order valence-electron chi connectivity index (χ0n) is 10.5. The van der Waals surface area contributed by atoms with E-state index in [1.54, 1.807) is 6.92 Å². The summed E-state index contributed by atoms with van der Waals surface area (Å²) in [6, 6.07) is 0. The van der Waals surface area contributed by atoms with Gasteiger partial charge in [0.15, 0.2) is 5.78 Å². The molecule has 0 aromatic carbocycles. The van der Waals surface area contributed by atoms with Crippen molar-refractivity contribution >= 4 is 11.8 Å². The summed E-state index contributed by atoms with van der Waals surface area (Å²) in [6.07, 6.45) is 1.60. The summed E-state index contributed by atoms with van der Waals surface area (Å²) in [5.41, 5.74) is -0.144. The van der Waals surface area contributed by atoms with E-state index in [-0.39, 0.29) is 23.2 Å². The summed E-state index contributed by atoms with van der Waals surface area (Å²) in [5.74, 6) is 4.76. The van der Waals surface area contributed by atoms with Crippen molar-refractivity contribution in [2.45, 2.75) is 34.1 Å². The number of ether oxygens (including phenoxy) is 1. The number of carbonyl (C=O) groups excluding carboxylic acids is 2. The molecule has 0 aliphatic rings.